The van der Waals surface area contributed by atoms with Crippen LogP contribution in [-0.4, -0.2) is 16.8 Å². The molecule has 1 aliphatic heterocycles. The number of nitrogen functional groups attached to an aromatic ring is 1. The molecule has 2 amide bonds. The number of carbonyl (C=O) groups excluding carboxylic acids is 2. The molecular formula is C14H11N3O2. The molecule has 2 aromatic rings. The molecule has 0 saturated carbocycles. The minimum Gasteiger partial charge on any atom is -0.399 e. The molecule has 5 heteroatoms. The van der Waals surface area contributed by atoms with E-state index in [1.807, 2.05) is 6.92 Å². The number of carbonyl (C=O) groups is 2. The van der Waals surface area contributed by atoms with Crippen LogP contribution in [0, 0.1) is 6.92 Å². The second-order valence-corrected chi connectivity index (χ2v) is 4.41. The maximum atomic E-state index is 12.2. The fraction of sp³-hybridized carbons (Fsp3) is 0.0714. The average molecular weight is 253 g/mol. The molecule has 2 N–H and O–H groups in total. The molecule has 0 spiro atoms. The lowest BCUT2D eigenvalue weighted by atomic mass is 10.1. The van der Waals surface area contributed by atoms with E-state index in [9.17, 15) is 9.59 Å². The Morgan fingerprint density at radius 3 is 2.53 bits per heavy atom. The first kappa shape index (κ1) is 11.4. The van der Waals surface area contributed by atoms with Gasteiger partial charge in [0, 0.05) is 18.1 Å². The second-order valence-electron chi connectivity index (χ2n) is 4.41. The molecule has 0 unspecified atom stereocenters. The molecule has 94 valence electrons. The van der Waals surface area contributed by atoms with Crippen LogP contribution in [0.5, 0.6) is 0 Å². The molecule has 0 saturated heterocycles. The van der Waals surface area contributed by atoms with Gasteiger partial charge in [0.25, 0.3) is 11.8 Å². The Balaban J connectivity index is 2.11. The molecular weight excluding hydrogens is 242 g/mol. The molecule has 1 aromatic carbocycles. The normalized spacial score (nSPS) is 13.8. The molecule has 1 aromatic heterocycles. The number of hydrogen-bond donors (Lipinski definition) is 1. The summed E-state index contributed by atoms with van der Waals surface area (Å²) in [7, 11) is 0. The van der Waals surface area contributed by atoms with Gasteiger partial charge in [-0.25, -0.2) is 4.90 Å². The monoisotopic (exact) mass is 253 g/mol. The van der Waals surface area contributed by atoms with E-state index >= 15 is 0 Å². The van der Waals surface area contributed by atoms with Crippen LogP contribution < -0.4 is 10.6 Å². The average Bonchev–Trinajstić information content (AvgIpc) is 2.66. The minimum absolute atomic E-state index is 0.327. The SMILES string of the molecule is Cc1cc(N2C(=O)c3ccncc3C2=O)ccc1N. The maximum Gasteiger partial charge on any atom is 0.267 e. The second kappa shape index (κ2) is 3.91. The van der Waals surface area contributed by atoms with Crippen molar-refractivity contribution in [2.45, 2.75) is 6.92 Å². The number of pyridine rings is 1. The Labute approximate surface area is 109 Å². The predicted octanol–water partition coefficient (Wildman–Crippen LogP) is 1.77. The quantitative estimate of drug-likeness (QED) is 0.620. The van der Waals surface area contributed by atoms with E-state index in [2.05, 4.69) is 4.98 Å². The van der Waals surface area contributed by atoms with E-state index in [1.165, 1.54) is 12.4 Å². The topological polar surface area (TPSA) is 76.3 Å². The third-order valence-electron chi connectivity index (χ3n) is 3.20. The number of amides is 2. The first-order chi connectivity index (χ1) is 9.09. The first-order valence-electron chi connectivity index (χ1n) is 5.78. The Morgan fingerprint density at radius 2 is 1.84 bits per heavy atom. The number of anilines is 2. The zero-order valence-corrected chi connectivity index (χ0v) is 10.3. The van der Waals surface area contributed by atoms with E-state index in [0.717, 1.165) is 10.5 Å². The number of aromatic nitrogens is 1. The molecule has 19 heavy (non-hydrogen) atoms. The Kier molecular flexibility index (Phi) is 2.35. The van der Waals surface area contributed by atoms with E-state index < -0.39 is 0 Å². The molecule has 2 heterocycles. The van der Waals surface area contributed by atoms with Gasteiger partial charge < -0.3 is 5.73 Å². The van der Waals surface area contributed by atoms with Crippen LogP contribution in [0.4, 0.5) is 11.4 Å². The third-order valence-corrected chi connectivity index (χ3v) is 3.20. The van der Waals surface area contributed by atoms with Crippen LogP contribution in [0.3, 0.4) is 0 Å². The predicted molar refractivity (Wildman–Crippen MR) is 71.0 cm³/mol. The van der Waals surface area contributed by atoms with Crippen LogP contribution in [0.2, 0.25) is 0 Å². The van der Waals surface area contributed by atoms with Gasteiger partial charge in [-0.2, -0.15) is 0 Å². The molecule has 0 bridgehead atoms. The Hall–Kier alpha value is -2.69. The maximum absolute atomic E-state index is 12.2. The van der Waals surface area contributed by atoms with Gasteiger partial charge in [0.15, 0.2) is 0 Å². The van der Waals surface area contributed by atoms with Gasteiger partial charge in [0.2, 0.25) is 0 Å². The van der Waals surface area contributed by atoms with Crippen molar-refractivity contribution < 1.29 is 9.59 Å². The number of rotatable bonds is 1. The van der Waals surface area contributed by atoms with Crippen molar-refractivity contribution in [3.8, 4) is 0 Å². The van der Waals surface area contributed by atoms with E-state index in [0.29, 0.717) is 22.5 Å². The fourth-order valence-corrected chi connectivity index (χ4v) is 2.12. The van der Waals surface area contributed by atoms with Gasteiger partial charge in [0.05, 0.1) is 16.8 Å². The molecule has 0 fully saturated rings. The summed E-state index contributed by atoms with van der Waals surface area (Å²) in [4.78, 5) is 29.5. The molecule has 1 aliphatic rings. The summed E-state index contributed by atoms with van der Waals surface area (Å²) < 4.78 is 0. The lowest BCUT2D eigenvalue weighted by Crippen LogP contribution is -2.29. The van der Waals surface area contributed by atoms with E-state index in [-0.39, 0.29) is 11.8 Å². The van der Waals surface area contributed by atoms with Crippen LogP contribution in [0.25, 0.3) is 0 Å². The number of hydrogen-bond acceptors (Lipinski definition) is 4. The zero-order valence-electron chi connectivity index (χ0n) is 10.3. The van der Waals surface area contributed by atoms with Crippen molar-refractivity contribution in [2.24, 2.45) is 0 Å². The lowest BCUT2D eigenvalue weighted by molar-refractivity contribution is 0.0926. The van der Waals surface area contributed by atoms with Gasteiger partial charge in [0.1, 0.15) is 0 Å². The number of aryl methyl sites for hydroxylation is 1. The van der Waals surface area contributed by atoms with Gasteiger partial charge in [-0.3, -0.25) is 14.6 Å². The van der Waals surface area contributed by atoms with Gasteiger partial charge in [-0.05, 0) is 36.8 Å². The summed E-state index contributed by atoms with van der Waals surface area (Å²) in [6.07, 6.45) is 2.92. The summed E-state index contributed by atoms with van der Waals surface area (Å²) in [5, 5.41) is 0. The number of imide groups is 1. The third kappa shape index (κ3) is 1.59. The van der Waals surface area contributed by atoms with Crippen molar-refractivity contribution >= 4 is 23.2 Å². The molecule has 0 atom stereocenters. The molecule has 0 aliphatic carbocycles. The minimum atomic E-state index is -0.350. The fourth-order valence-electron chi connectivity index (χ4n) is 2.12. The summed E-state index contributed by atoms with van der Waals surface area (Å²) in [6.45, 7) is 1.83. The molecule has 5 nitrogen and oxygen atoms in total. The van der Waals surface area contributed by atoms with E-state index in [1.54, 1.807) is 24.3 Å². The van der Waals surface area contributed by atoms with Crippen molar-refractivity contribution in [1.29, 1.82) is 0 Å². The number of benzene rings is 1. The number of nitrogens with zero attached hydrogens (tertiary/aromatic N) is 2. The van der Waals surface area contributed by atoms with E-state index in [4.69, 9.17) is 5.73 Å². The highest BCUT2D eigenvalue weighted by Crippen LogP contribution is 2.29. The Bertz CT molecular complexity index is 675. The van der Waals surface area contributed by atoms with Gasteiger partial charge >= 0.3 is 0 Å². The first-order valence-corrected chi connectivity index (χ1v) is 5.78. The highest BCUT2D eigenvalue weighted by atomic mass is 16.2. The van der Waals surface area contributed by atoms with Crippen LogP contribution >= 0.6 is 0 Å². The van der Waals surface area contributed by atoms with Crippen molar-refractivity contribution in [1.82, 2.24) is 4.98 Å². The van der Waals surface area contributed by atoms with Crippen molar-refractivity contribution in [3.63, 3.8) is 0 Å². The van der Waals surface area contributed by atoms with Crippen LogP contribution in [-0.2, 0) is 0 Å². The van der Waals surface area contributed by atoms with Crippen LogP contribution in [0.15, 0.2) is 36.7 Å². The summed E-state index contributed by atoms with van der Waals surface area (Å²) >= 11 is 0. The van der Waals surface area contributed by atoms with Crippen LogP contribution in [0.1, 0.15) is 26.3 Å². The lowest BCUT2D eigenvalue weighted by Gasteiger charge is -2.15. The summed E-state index contributed by atoms with van der Waals surface area (Å²) in [5.41, 5.74) is 8.44. The smallest absolute Gasteiger partial charge is 0.267 e. The number of fused-ring (bicyclic) bond motifs is 1. The van der Waals surface area contributed by atoms with Crippen molar-refractivity contribution in [3.05, 3.63) is 53.3 Å². The van der Waals surface area contributed by atoms with Gasteiger partial charge in [-0.1, -0.05) is 0 Å². The molecule has 0 radical (unpaired) electrons. The number of nitrogens with two attached hydrogens (primary N) is 1. The zero-order chi connectivity index (χ0) is 13.6. The largest absolute Gasteiger partial charge is 0.399 e. The van der Waals surface area contributed by atoms with Gasteiger partial charge in [-0.15, -0.1) is 0 Å². The standard InChI is InChI=1S/C14H11N3O2/c1-8-6-9(2-3-12(8)15)17-13(18)10-4-5-16-7-11(10)14(17)19/h2-7H,15H2,1H3. The van der Waals surface area contributed by atoms with Crippen molar-refractivity contribution in [2.75, 3.05) is 10.6 Å². The summed E-state index contributed by atoms with van der Waals surface area (Å²) in [5.74, 6) is -0.677. The highest BCUT2D eigenvalue weighted by Gasteiger charge is 2.36. The molecule has 3 rings (SSSR count). The Morgan fingerprint density at radius 1 is 1.11 bits per heavy atom. The summed E-state index contributed by atoms with van der Waals surface area (Å²) in [6, 6.07) is 6.63. The highest BCUT2D eigenvalue weighted by molar-refractivity contribution is 6.34.